The van der Waals surface area contributed by atoms with Crippen molar-refractivity contribution in [3.63, 3.8) is 0 Å². The smallest absolute Gasteiger partial charge is 0.420 e. The molecule has 2 fully saturated rings. The molecule has 0 bridgehead atoms. The Bertz CT molecular complexity index is 1440. The number of benzene rings is 2. The molecule has 46 heavy (non-hydrogen) atoms. The lowest BCUT2D eigenvalue weighted by atomic mass is 10.1. The third-order valence-corrected chi connectivity index (χ3v) is 10.4. The maximum absolute atomic E-state index is 13.8. The Kier molecular flexibility index (Phi) is 9.67. The monoisotopic (exact) mass is 706 g/mol. The fourth-order valence-electron chi connectivity index (χ4n) is 6.02. The standard InChI is InChI=1S/C32H36Cl2N4O6S2/c1-35-19-31(9-15-37-11-3-12-37,41-25-7-5-21(33)17-23(25)27(35)45)43-29(39)30(40)44-32(10-16-38-13-4-14-38)20-36(2)28(46)24-18-22(34)6-8-26(24)42-32/h5-8,17-18H,3-4,9-16,19-20H2,1-2H3. The fourth-order valence-corrected chi connectivity index (χ4v) is 6.81. The van der Waals surface area contributed by atoms with Crippen molar-refractivity contribution in [2.45, 2.75) is 37.3 Å². The number of thiocarbonyl (C=S) groups is 2. The number of ether oxygens (including phenoxy) is 4. The van der Waals surface area contributed by atoms with Crippen LogP contribution in [-0.2, 0) is 19.1 Å². The highest BCUT2D eigenvalue weighted by Crippen LogP contribution is 2.37. The van der Waals surface area contributed by atoms with Gasteiger partial charge in [-0.05, 0) is 75.4 Å². The van der Waals surface area contributed by atoms with E-state index in [9.17, 15) is 9.59 Å². The molecule has 4 aliphatic rings. The predicted molar refractivity (Wildman–Crippen MR) is 182 cm³/mol. The van der Waals surface area contributed by atoms with Crippen molar-refractivity contribution in [3.05, 3.63) is 57.6 Å². The van der Waals surface area contributed by atoms with E-state index in [2.05, 4.69) is 9.80 Å². The van der Waals surface area contributed by atoms with Gasteiger partial charge in [0.2, 0.25) is 0 Å². The molecule has 10 nitrogen and oxygen atoms in total. The molecule has 246 valence electrons. The third kappa shape index (κ3) is 7.07. The predicted octanol–water partition coefficient (Wildman–Crippen LogP) is 4.36. The van der Waals surface area contributed by atoms with Gasteiger partial charge < -0.3 is 38.5 Å². The lowest BCUT2D eigenvalue weighted by Gasteiger charge is -2.39. The highest BCUT2D eigenvalue weighted by Gasteiger charge is 2.48. The lowest BCUT2D eigenvalue weighted by molar-refractivity contribution is -0.228. The SMILES string of the molecule is CN1CC(CCN2CCC2)(OC(=O)C(=O)OC2(CCN3CCC3)CN(C)C(=S)c3cc(Cl)ccc3O2)Oc2ccc(Cl)cc2C1=S. The van der Waals surface area contributed by atoms with E-state index < -0.39 is 23.5 Å². The molecule has 2 unspecified atom stereocenters. The molecular formula is C32H36Cl2N4O6S2. The molecular weight excluding hydrogens is 671 g/mol. The number of esters is 2. The topological polar surface area (TPSA) is 84.0 Å². The van der Waals surface area contributed by atoms with Gasteiger partial charge >= 0.3 is 11.9 Å². The summed E-state index contributed by atoms with van der Waals surface area (Å²) in [6.07, 6.45) is 2.78. The summed E-state index contributed by atoms with van der Waals surface area (Å²) in [5.41, 5.74) is 1.20. The summed E-state index contributed by atoms with van der Waals surface area (Å²) < 4.78 is 25.0. The van der Waals surface area contributed by atoms with Gasteiger partial charge in [-0.15, -0.1) is 0 Å². The molecule has 4 heterocycles. The first kappa shape index (κ1) is 33.2. The van der Waals surface area contributed by atoms with Gasteiger partial charge in [-0.25, -0.2) is 9.59 Å². The summed E-state index contributed by atoms with van der Waals surface area (Å²) in [6, 6.07) is 10.2. The third-order valence-electron chi connectivity index (χ3n) is 8.82. The largest absolute Gasteiger partial charge is 0.450 e. The molecule has 4 aliphatic heterocycles. The van der Waals surface area contributed by atoms with Crippen molar-refractivity contribution in [1.29, 1.82) is 0 Å². The number of likely N-dealkylation sites (tertiary alicyclic amines) is 2. The first-order valence-electron chi connectivity index (χ1n) is 15.3. The van der Waals surface area contributed by atoms with Crippen LogP contribution in [0.4, 0.5) is 0 Å². The van der Waals surface area contributed by atoms with Gasteiger partial charge in [0.25, 0.3) is 11.6 Å². The maximum Gasteiger partial charge on any atom is 0.420 e. The molecule has 6 rings (SSSR count). The van der Waals surface area contributed by atoms with Crippen molar-refractivity contribution >= 4 is 69.6 Å². The Morgan fingerprint density at radius 1 is 0.739 bits per heavy atom. The van der Waals surface area contributed by atoms with E-state index in [-0.39, 0.29) is 13.1 Å². The van der Waals surface area contributed by atoms with Gasteiger partial charge in [-0.3, -0.25) is 0 Å². The van der Waals surface area contributed by atoms with E-state index in [1.54, 1.807) is 60.3 Å². The maximum atomic E-state index is 13.8. The van der Waals surface area contributed by atoms with Gasteiger partial charge in [0.15, 0.2) is 0 Å². The summed E-state index contributed by atoms with van der Waals surface area (Å²) in [4.78, 5) is 36.5. The molecule has 0 N–H and O–H groups in total. The Morgan fingerprint density at radius 3 is 1.48 bits per heavy atom. The summed E-state index contributed by atoms with van der Waals surface area (Å²) in [5.74, 6) is -4.66. The van der Waals surface area contributed by atoms with Crippen LogP contribution in [0.15, 0.2) is 36.4 Å². The van der Waals surface area contributed by atoms with E-state index in [1.165, 1.54) is 0 Å². The molecule has 0 saturated carbocycles. The minimum Gasteiger partial charge on any atom is -0.450 e. The number of fused-ring (bicyclic) bond motifs is 2. The van der Waals surface area contributed by atoms with Gasteiger partial charge in [0.05, 0.1) is 24.2 Å². The Balaban J connectivity index is 1.28. The number of halogens is 2. The normalized spacial score (nSPS) is 24.7. The molecule has 0 aliphatic carbocycles. The lowest BCUT2D eigenvalue weighted by Crippen LogP contribution is -2.55. The minimum atomic E-state index is -1.54. The molecule has 0 radical (unpaired) electrons. The van der Waals surface area contributed by atoms with Crippen LogP contribution in [-0.4, -0.2) is 120 Å². The fraction of sp³-hybridized carbons (Fsp3) is 0.500. The second-order valence-electron chi connectivity index (χ2n) is 12.3. The Hall–Kier alpha value is -2.74. The van der Waals surface area contributed by atoms with Crippen molar-refractivity contribution in [3.8, 4) is 11.5 Å². The molecule has 0 spiro atoms. The van der Waals surface area contributed by atoms with Crippen LogP contribution in [0.2, 0.25) is 10.0 Å². The van der Waals surface area contributed by atoms with E-state index in [1.807, 2.05) is 0 Å². The van der Waals surface area contributed by atoms with Crippen LogP contribution >= 0.6 is 47.6 Å². The van der Waals surface area contributed by atoms with Crippen molar-refractivity contribution in [2.75, 3.05) is 66.5 Å². The zero-order valence-electron chi connectivity index (χ0n) is 25.8. The van der Waals surface area contributed by atoms with Gasteiger partial charge in [-0.2, -0.15) is 0 Å². The van der Waals surface area contributed by atoms with Crippen molar-refractivity contribution < 1.29 is 28.5 Å². The van der Waals surface area contributed by atoms with Crippen molar-refractivity contribution in [1.82, 2.24) is 19.6 Å². The van der Waals surface area contributed by atoms with E-state index in [0.717, 1.165) is 39.0 Å². The Labute approximate surface area is 289 Å². The van der Waals surface area contributed by atoms with Crippen LogP contribution in [0.1, 0.15) is 36.8 Å². The number of nitrogens with zero attached hydrogens (tertiary/aromatic N) is 4. The first-order valence-corrected chi connectivity index (χ1v) is 16.9. The van der Waals surface area contributed by atoms with E-state index in [0.29, 0.717) is 68.6 Å². The van der Waals surface area contributed by atoms with Crippen LogP contribution in [0, 0.1) is 0 Å². The molecule has 0 amide bonds. The van der Waals surface area contributed by atoms with Crippen molar-refractivity contribution in [2.24, 2.45) is 0 Å². The highest BCUT2D eigenvalue weighted by atomic mass is 35.5. The number of hydrogen-bond acceptors (Lipinski definition) is 10. The Morgan fingerprint density at radius 2 is 1.13 bits per heavy atom. The quantitative estimate of drug-likeness (QED) is 0.222. The number of carbonyl (C=O) groups excluding carboxylic acids is 2. The molecule has 2 aromatic rings. The van der Waals surface area contributed by atoms with Gasteiger partial charge in [0.1, 0.15) is 21.5 Å². The molecule has 2 atom stereocenters. The van der Waals surface area contributed by atoms with Crippen LogP contribution in [0.25, 0.3) is 0 Å². The van der Waals surface area contributed by atoms with Gasteiger partial charge in [0, 0.05) is 50.1 Å². The molecule has 2 aromatic carbocycles. The number of rotatable bonds is 8. The number of carbonyl (C=O) groups is 2. The summed E-state index contributed by atoms with van der Waals surface area (Å²) in [6.45, 7) is 5.11. The minimum absolute atomic E-state index is 0.0900. The summed E-state index contributed by atoms with van der Waals surface area (Å²) in [5, 5.41) is 0.985. The number of hydrogen-bond donors (Lipinski definition) is 0. The average molecular weight is 708 g/mol. The van der Waals surface area contributed by atoms with Crippen LogP contribution in [0.3, 0.4) is 0 Å². The highest BCUT2D eigenvalue weighted by molar-refractivity contribution is 7.81. The molecule has 0 aromatic heterocycles. The first-order chi connectivity index (χ1) is 21.9. The second-order valence-corrected chi connectivity index (χ2v) is 13.9. The van der Waals surface area contributed by atoms with Crippen LogP contribution < -0.4 is 9.47 Å². The zero-order chi connectivity index (χ0) is 32.6. The second kappa shape index (κ2) is 13.4. The number of likely N-dealkylation sites (N-methyl/N-ethyl adjacent to an activating group) is 2. The van der Waals surface area contributed by atoms with E-state index in [4.69, 9.17) is 66.6 Å². The molecule has 14 heteroatoms. The van der Waals surface area contributed by atoms with Gasteiger partial charge in [-0.1, -0.05) is 47.6 Å². The molecule has 2 saturated heterocycles. The van der Waals surface area contributed by atoms with Crippen LogP contribution in [0.5, 0.6) is 11.5 Å². The van der Waals surface area contributed by atoms with E-state index >= 15 is 0 Å². The summed E-state index contributed by atoms with van der Waals surface area (Å²) in [7, 11) is 3.58. The summed E-state index contributed by atoms with van der Waals surface area (Å²) >= 11 is 24.0. The average Bonchev–Trinajstić information content (AvgIpc) is 3.12. The zero-order valence-corrected chi connectivity index (χ0v) is 28.9.